The van der Waals surface area contributed by atoms with E-state index in [4.69, 9.17) is 0 Å². The van der Waals surface area contributed by atoms with Crippen molar-refractivity contribution in [2.24, 2.45) is 5.92 Å². The maximum absolute atomic E-state index is 13.1. The van der Waals surface area contributed by atoms with Crippen molar-refractivity contribution in [1.82, 2.24) is 10.2 Å². The molecule has 2 aliphatic heterocycles. The van der Waals surface area contributed by atoms with Crippen LogP contribution in [-0.4, -0.2) is 37.0 Å². The molecule has 4 atom stereocenters. The molecule has 1 unspecified atom stereocenters. The molecule has 2 aromatic rings. The number of amides is 1. The molecule has 0 spiro atoms. The van der Waals surface area contributed by atoms with Gasteiger partial charge in [-0.1, -0.05) is 48.5 Å². The Balaban J connectivity index is 1.43. The van der Waals surface area contributed by atoms with Gasteiger partial charge in [-0.05, 0) is 48.7 Å². The quantitative estimate of drug-likeness (QED) is 0.860. The standard InChI is InChI=1S/C24H27N3O/c1-15(16-7-4-3-5-8-16)26-24(28)18-11-20-19-9-6-10-21-23(19)17(13-25-21)12-22(20)27(2)14-18/h3-11,15,17-18,22,25H,12-14H2,1-2H3,(H,26,28)/t15-,17-,18-,22?/m1/s1. The van der Waals surface area contributed by atoms with Crippen molar-refractivity contribution in [2.75, 3.05) is 25.5 Å². The summed E-state index contributed by atoms with van der Waals surface area (Å²) in [5, 5.41) is 6.78. The zero-order chi connectivity index (χ0) is 19.3. The highest BCUT2D eigenvalue weighted by atomic mass is 16.2. The minimum absolute atomic E-state index is 0.0102. The van der Waals surface area contributed by atoms with E-state index in [-0.39, 0.29) is 17.9 Å². The fourth-order valence-corrected chi connectivity index (χ4v) is 5.15. The van der Waals surface area contributed by atoms with Crippen LogP contribution in [0.1, 0.15) is 42.0 Å². The van der Waals surface area contributed by atoms with E-state index in [0.29, 0.717) is 12.0 Å². The Kier molecular flexibility index (Phi) is 4.24. The van der Waals surface area contributed by atoms with E-state index in [2.05, 4.69) is 65.9 Å². The summed E-state index contributed by atoms with van der Waals surface area (Å²) in [6.07, 6.45) is 3.37. The predicted molar refractivity (Wildman–Crippen MR) is 113 cm³/mol. The van der Waals surface area contributed by atoms with Crippen molar-refractivity contribution in [3.63, 3.8) is 0 Å². The molecule has 0 fully saturated rings. The second-order valence-corrected chi connectivity index (χ2v) is 8.41. The number of likely N-dealkylation sites (N-methyl/N-ethyl adjacent to an activating group) is 1. The summed E-state index contributed by atoms with van der Waals surface area (Å²) < 4.78 is 0. The first-order valence-electron chi connectivity index (χ1n) is 10.3. The first-order chi connectivity index (χ1) is 13.6. The first-order valence-corrected chi connectivity index (χ1v) is 10.3. The number of carbonyl (C=O) groups is 1. The number of hydrogen-bond donors (Lipinski definition) is 2. The minimum atomic E-state index is -0.121. The first kappa shape index (κ1) is 17.5. The van der Waals surface area contributed by atoms with E-state index in [1.54, 1.807) is 0 Å². The number of hydrogen-bond acceptors (Lipinski definition) is 3. The van der Waals surface area contributed by atoms with Gasteiger partial charge in [-0.2, -0.15) is 0 Å². The molecule has 0 bridgehead atoms. The van der Waals surface area contributed by atoms with Crippen LogP contribution >= 0.6 is 0 Å². The normalized spacial score (nSPS) is 26.5. The monoisotopic (exact) mass is 373 g/mol. The summed E-state index contributed by atoms with van der Waals surface area (Å²) in [6, 6.07) is 17.1. The van der Waals surface area contributed by atoms with Gasteiger partial charge in [0, 0.05) is 30.7 Å². The van der Waals surface area contributed by atoms with Gasteiger partial charge in [-0.25, -0.2) is 0 Å². The summed E-state index contributed by atoms with van der Waals surface area (Å²) >= 11 is 0. The Morgan fingerprint density at radius 2 is 2.00 bits per heavy atom. The Morgan fingerprint density at radius 1 is 1.18 bits per heavy atom. The predicted octanol–water partition coefficient (Wildman–Crippen LogP) is 3.79. The van der Waals surface area contributed by atoms with Crippen molar-refractivity contribution in [1.29, 1.82) is 0 Å². The SMILES string of the molecule is C[C@@H](NC(=O)[C@@H]1C=C2c3cccc4c3[C@@H](CN4)CC2N(C)C1)c1ccccc1. The number of carbonyl (C=O) groups excluding carboxylic acids is 1. The molecule has 28 heavy (non-hydrogen) atoms. The summed E-state index contributed by atoms with van der Waals surface area (Å²) in [5.74, 6) is 0.574. The van der Waals surface area contributed by atoms with E-state index < -0.39 is 0 Å². The lowest BCUT2D eigenvalue weighted by Crippen LogP contribution is -2.47. The molecule has 1 amide bonds. The topological polar surface area (TPSA) is 44.4 Å². The van der Waals surface area contributed by atoms with Gasteiger partial charge in [-0.15, -0.1) is 0 Å². The van der Waals surface area contributed by atoms with Crippen LogP contribution in [0.15, 0.2) is 54.6 Å². The van der Waals surface area contributed by atoms with Gasteiger partial charge in [0.2, 0.25) is 5.91 Å². The maximum atomic E-state index is 13.1. The molecule has 5 rings (SSSR count). The van der Waals surface area contributed by atoms with Crippen LogP contribution < -0.4 is 10.6 Å². The number of fused-ring (bicyclic) bond motifs is 2. The average molecular weight is 374 g/mol. The van der Waals surface area contributed by atoms with Crippen molar-refractivity contribution < 1.29 is 4.79 Å². The van der Waals surface area contributed by atoms with Crippen LogP contribution in [-0.2, 0) is 4.79 Å². The fraction of sp³-hybridized carbons (Fsp3) is 0.375. The Hall–Kier alpha value is -2.59. The highest BCUT2D eigenvalue weighted by Crippen LogP contribution is 2.48. The highest BCUT2D eigenvalue weighted by Gasteiger charge is 2.40. The largest absolute Gasteiger partial charge is 0.384 e. The summed E-state index contributed by atoms with van der Waals surface area (Å²) in [4.78, 5) is 15.4. The zero-order valence-corrected chi connectivity index (χ0v) is 16.5. The average Bonchev–Trinajstić information content (AvgIpc) is 3.13. The smallest absolute Gasteiger partial charge is 0.228 e. The third kappa shape index (κ3) is 2.83. The summed E-state index contributed by atoms with van der Waals surface area (Å²) in [5.41, 5.74) is 6.53. The van der Waals surface area contributed by atoms with Crippen LogP contribution in [0, 0.1) is 5.92 Å². The van der Waals surface area contributed by atoms with Gasteiger partial charge in [0.15, 0.2) is 0 Å². The molecule has 2 N–H and O–H groups in total. The van der Waals surface area contributed by atoms with Crippen LogP contribution in [0.2, 0.25) is 0 Å². The van der Waals surface area contributed by atoms with Crippen LogP contribution in [0.3, 0.4) is 0 Å². The van der Waals surface area contributed by atoms with Crippen LogP contribution in [0.25, 0.3) is 5.57 Å². The molecule has 144 valence electrons. The van der Waals surface area contributed by atoms with Gasteiger partial charge in [0.1, 0.15) is 0 Å². The van der Waals surface area contributed by atoms with Gasteiger partial charge in [0.05, 0.1) is 12.0 Å². The van der Waals surface area contributed by atoms with E-state index in [1.165, 1.54) is 22.4 Å². The number of nitrogens with zero attached hydrogens (tertiary/aromatic N) is 1. The van der Waals surface area contributed by atoms with Crippen molar-refractivity contribution >= 4 is 17.2 Å². The van der Waals surface area contributed by atoms with Crippen molar-refractivity contribution in [3.05, 3.63) is 71.3 Å². The molecular weight excluding hydrogens is 346 g/mol. The van der Waals surface area contributed by atoms with Gasteiger partial charge in [0.25, 0.3) is 0 Å². The van der Waals surface area contributed by atoms with Crippen molar-refractivity contribution in [2.45, 2.75) is 31.3 Å². The Bertz CT molecular complexity index is 936. The highest BCUT2D eigenvalue weighted by molar-refractivity contribution is 5.87. The summed E-state index contributed by atoms with van der Waals surface area (Å²) in [6.45, 7) is 3.86. The van der Waals surface area contributed by atoms with Gasteiger partial charge < -0.3 is 10.6 Å². The number of anilines is 1. The summed E-state index contributed by atoms with van der Waals surface area (Å²) in [7, 11) is 2.16. The molecule has 0 saturated carbocycles. The molecule has 0 aromatic heterocycles. The molecule has 4 heteroatoms. The van der Waals surface area contributed by atoms with E-state index in [9.17, 15) is 4.79 Å². The van der Waals surface area contributed by atoms with Gasteiger partial charge in [-0.3, -0.25) is 9.69 Å². The molecule has 2 aromatic carbocycles. The third-order valence-corrected chi connectivity index (χ3v) is 6.62. The lowest BCUT2D eigenvalue weighted by atomic mass is 9.74. The Labute approximate surface area is 166 Å². The van der Waals surface area contributed by atoms with E-state index >= 15 is 0 Å². The maximum Gasteiger partial charge on any atom is 0.228 e. The lowest BCUT2D eigenvalue weighted by Gasteiger charge is -2.42. The molecule has 3 aliphatic rings. The lowest BCUT2D eigenvalue weighted by molar-refractivity contribution is -0.125. The fourth-order valence-electron chi connectivity index (χ4n) is 5.15. The molecule has 4 nitrogen and oxygen atoms in total. The molecule has 0 saturated heterocycles. The minimum Gasteiger partial charge on any atom is -0.384 e. The van der Waals surface area contributed by atoms with E-state index in [1.807, 2.05) is 18.2 Å². The van der Waals surface area contributed by atoms with E-state index in [0.717, 1.165) is 25.1 Å². The Morgan fingerprint density at radius 3 is 2.82 bits per heavy atom. The molecular formula is C24H27N3O. The second-order valence-electron chi connectivity index (χ2n) is 8.41. The van der Waals surface area contributed by atoms with Gasteiger partial charge >= 0.3 is 0 Å². The third-order valence-electron chi connectivity index (χ3n) is 6.62. The molecule has 0 radical (unpaired) electrons. The van der Waals surface area contributed by atoms with Crippen LogP contribution in [0.4, 0.5) is 5.69 Å². The second kappa shape index (κ2) is 6.78. The zero-order valence-electron chi connectivity index (χ0n) is 16.5. The molecule has 1 aliphatic carbocycles. The van der Waals surface area contributed by atoms with Crippen molar-refractivity contribution in [3.8, 4) is 0 Å². The number of benzene rings is 2. The number of nitrogens with one attached hydrogen (secondary N) is 2. The number of rotatable bonds is 3. The molecule has 2 heterocycles. The van der Waals surface area contributed by atoms with Crippen LogP contribution in [0.5, 0.6) is 0 Å².